The van der Waals surface area contributed by atoms with Gasteiger partial charge in [0.2, 0.25) is 11.7 Å². The molecule has 3 aromatic rings. The van der Waals surface area contributed by atoms with Gasteiger partial charge in [-0.05, 0) is 42.0 Å². The molecule has 0 bridgehead atoms. The summed E-state index contributed by atoms with van der Waals surface area (Å²) in [6.07, 6.45) is 2.05. The molecule has 1 aliphatic heterocycles. The monoisotopic (exact) mass is 353 g/mol. The number of tetrazole rings is 1. The minimum Gasteiger partial charge on any atom is -0.333 e. The van der Waals surface area contributed by atoms with Gasteiger partial charge in [-0.15, -0.1) is 21.5 Å². The van der Waals surface area contributed by atoms with E-state index < -0.39 is 0 Å². The van der Waals surface area contributed by atoms with Crippen molar-refractivity contribution in [1.29, 1.82) is 0 Å². The number of amides is 1. The molecule has 1 aliphatic rings. The molecule has 0 N–H and O–H groups in total. The highest BCUT2D eigenvalue weighted by atomic mass is 32.1. The van der Waals surface area contributed by atoms with Gasteiger partial charge >= 0.3 is 0 Å². The Hall–Kier alpha value is -2.54. The summed E-state index contributed by atoms with van der Waals surface area (Å²) in [5.41, 5.74) is 2.03. The smallest absolute Gasteiger partial charge is 0.246 e. The van der Waals surface area contributed by atoms with Crippen molar-refractivity contribution in [3.8, 4) is 11.4 Å². The van der Waals surface area contributed by atoms with Crippen molar-refractivity contribution in [2.24, 2.45) is 0 Å². The summed E-state index contributed by atoms with van der Waals surface area (Å²) in [4.78, 5) is 17.3. The van der Waals surface area contributed by atoms with E-state index in [0.29, 0.717) is 5.82 Å². The minimum atomic E-state index is 0.0460. The Kier molecular flexibility index (Phi) is 4.31. The summed E-state index contributed by atoms with van der Waals surface area (Å²) in [7, 11) is 0. The molecule has 6 nitrogen and oxygen atoms in total. The van der Waals surface area contributed by atoms with Gasteiger partial charge in [-0.2, -0.15) is 4.80 Å². The van der Waals surface area contributed by atoms with E-state index in [0.717, 1.165) is 30.5 Å². The molecule has 0 aliphatic carbocycles. The van der Waals surface area contributed by atoms with Gasteiger partial charge in [0.05, 0.1) is 6.04 Å². The maximum atomic E-state index is 12.7. The molecule has 0 spiro atoms. The second-order valence-corrected chi connectivity index (χ2v) is 7.20. The lowest BCUT2D eigenvalue weighted by atomic mass is 10.1. The molecule has 0 saturated carbocycles. The molecule has 7 heteroatoms. The second kappa shape index (κ2) is 6.76. The first-order valence-corrected chi connectivity index (χ1v) is 9.27. The largest absolute Gasteiger partial charge is 0.333 e. The fourth-order valence-electron chi connectivity index (χ4n) is 3.30. The fourth-order valence-corrected chi connectivity index (χ4v) is 4.17. The van der Waals surface area contributed by atoms with Crippen LogP contribution >= 0.6 is 11.3 Å². The third kappa shape index (κ3) is 3.19. The summed E-state index contributed by atoms with van der Waals surface area (Å²) in [6.45, 7) is 2.93. The van der Waals surface area contributed by atoms with Gasteiger partial charge in [0.25, 0.3) is 0 Å². The summed E-state index contributed by atoms with van der Waals surface area (Å²) >= 11 is 1.71. The second-order valence-electron chi connectivity index (χ2n) is 6.22. The first-order valence-electron chi connectivity index (χ1n) is 8.39. The molecule has 1 amide bonds. The third-order valence-corrected chi connectivity index (χ3v) is 5.53. The van der Waals surface area contributed by atoms with Crippen molar-refractivity contribution in [2.75, 3.05) is 6.54 Å². The number of hydrogen-bond acceptors (Lipinski definition) is 5. The van der Waals surface area contributed by atoms with Gasteiger partial charge in [-0.3, -0.25) is 4.79 Å². The number of likely N-dealkylation sites (tertiary alicyclic amines) is 1. The number of rotatable bonds is 4. The lowest BCUT2D eigenvalue weighted by Crippen LogP contribution is -2.33. The Labute approximate surface area is 150 Å². The quantitative estimate of drug-likeness (QED) is 0.723. The van der Waals surface area contributed by atoms with Gasteiger partial charge < -0.3 is 4.90 Å². The van der Waals surface area contributed by atoms with Gasteiger partial charge in [0.1, 0.15) is 6.54 Å². The summed E-state index contributed by atoms with van der Waals surface area (Å²) < 4.78 is 0. The molecule has 1 fully saturated rings. The molecule has 0 radical (unpaired) electrons. The Morgan fingerprint density at radius 1 is 1.28 bits per heavy atom. The Morgan fingerprint density at radius 2 is 2.16 bits per heavy atom. The molecular weight excluding hydrogens is 334 g/mol. The predicted molar refractivity (Wildman–Crippen MR) is 96.0 cm³/mol. The highest BCUT2D eigenvalue weighted by molar-refractivity contribution is 7.10. The standard InChI is InChI=1S/C18H19N5OS/c1-13-6-2-3-7-14(13)18-19-21-23(20-18)12-17(24)22-10-4-8-15(22)16-9-5-11-25-16/h2-3,5-7,9,11,15H,4,8,10,12H2,1H3/t15-/m0/s1. The average Bonchev–Trinajstić information content (AvgIpc) is 3.36. The maximum absolute atomic E-state index is 12.7. The van der Waals surface area contributed by atoms with E-state index in [1.165, 1.54) is 9.67 Å². The number of carbonyl (C=O) groups excluding carboxylic acids is 1. The van der Waals surface area contributed by atoms with Gasteiger partial charge in [0.15, 0.2) is 0 Å². The molecule has 128 valence electrons. The van der Waals surface area contributed by atoms with E-state index in [1.54, 1.807) is 11.3 Å². The lowest BCUT2D eigenvalue weighted by Gasteiger charge is -2.23. The number of aryl methyl sites for hydroxylation is 1. The molecule has 2 aromatic heterocycles. The van der Waals surface area contributed by atoms with Crippen LogP contribution in [0.5, 0.6) is 0 Å². The van der Waals surface area contributed by atoms with E-state index in [-0.39, 0.29) is 18.5 Å². The third-order valence-electron chi connectivity index (χ3n) is 4.56. The molecule has 25 heavy (non-hydrogen) atoms. The average molecular weight is 353 g/mol. The number of hydrogen-bond donors (Lipinski definition) is 0. The number of benzene rings is 1. The first kappa shape index (κ1) is 16.0. The Bertz CT molecular complexity index is 873. The minimum absolute atomic E-state index is 0.0460. The van der Waals surface area contributed by atoms with Crippen LogP contribution in [0.1, 0.15) is 29.3 Å². The summed E-state index contributed by atoms with van der Waals surface area (Å²) in [5, 5.41) is 14.6. The summed E-state index contributed by atoms with van der Waals surface area (Å²) in [6, 6.07) is 12.2. The number of carbonyl (C=O) groups is 1. The van der Waals surface area contributed by atoms with Crippen LogP contribution in [0, 0.1) is 6.92 Å². The van der Waals surface area contributed by atoms with Crippen molar-refractivity contribution in [2.45, 2.75) is 32.4 Å². The Morgan fingerprint density at radius 3 is 2.96 bits per heavy atom. The van der Waals surface area contributed by atoms with Crippen molar-refractivity contribution in [1.82, 2.24) is 25.1 Å². The van der Waals surface area contributed by atoms with Crippen molar-refractivity contribution in [3.05, 3.63) is 52.2 Å². The zero-order chi connectivity index (χ0) is 17.2. The zero-order valence-corrected chi connectivity index (χ0v) is 14.8. The maximum Gasteiger partial charge on any atom is 0.246 e. The topological polar surface area (TPSA) is 63.9 Å². The molecule has 0 unspecified atom stereocenters. The fraction of sp³-hybridized carbons (Fsp3) is 0.333. The van der Waals surface area contributed by atoms with E-state index in [1.807, 2.05) is 42.2 Å². The normalized spacial score (nSPS) is 17.2. The van der Waals surface area contributed by atoms with Crippen LogP contribution in [0.2, 0.25) is 0 Å². The van der Waals surface area contributed by atoms with Crippen LogP contribution in [0.15, 0.2) is 41.8 Å². The molecule has 4 rings (SSSR count). The summed E-state index contributed by atoms with van der Waals surface area (Å²) in [5.74, 6) is 0.603. The van der Waals surface area contributed by atoms with Crippen LogP contribution < -0.4 is 0 Å². The number of nitrogens with zero attached hydrogens (tertiary/aromatic N) is 5. The lowest BCUT2D eigenvalue weighted by molar-refractivity contribution is -0.133. The van der Waals surface area contributed by atoms with E-state index in [9.17, 15) is 4.79 Å². The van der Waals surface area contributed by atoms with Crippen LogP contribution in [0.25, 0.3) is 11.4 Å². The molecule has 3 heterocycles. The molecule has 1 aromatic carbocycles. The molecular formula is C18H19N5OS. The van der Waals surface area contributed by atoms with Crippen LogP contribution in [-0.2, 0) is 11.3 Å². The molecule has 1 atom stereocenters. The first-order chi connectivity index (χ1) is 12.2. The van der Waals surface area contributed by atoms with Crippen LogP contribution in [0.3, 0.4) is 0 Å². The van der Waals surface area contributed by atoms with Crippen LogP contribution in [-0.4, -0.2) is 37.6 Å². The van der Waals surface area contributed by atoms with Gasteiger partial charge in [-0.25, -0.2) is 0 Å². The van der Waals surface area contributed by atoms with Crippen molar-refractivity contribution >= 4 is 17.2 Å². The van der Waals surface area contributed by atoms with E-state index >= 15 is 0 Å². The van der Waals surface area contributed by atoms with Crippen LogP contribution in [0.4, 0.5) is 0 Å². The Balaban J connectivity index is 1.49. The number of aromatic nitrogens is 4. The van der Waals surface area contributed by atoms with E-state index in [2.05, 4.69) is 26.9 Å². The SMILES string of the molecule is Cc1ccccc1-c1nnn(CC(=O)N2CCC[C@H]2c2cccs2)n1. The predicted octanol–water partition coefficient (Wildman–Crippen LogP) is 3.07. The van der Waals surface area contributed by atoms with Crippen molar-refractivity contribution < 1.29 is 4.79 Å². The van der Waals surface area contributed by atoms with Gasteiger partial charge in [0, 0.05) is 17.0 Å². The highest BCUT2D eigenvalue weighted by Gasteiger charge is 2.30. The van der Waals surface area contributed by atoms with E-state index in [4.69, 9.17) is 0 Å². The van der Waals surface area contributed by atoms with Crippen molar-refractivity contribution in [3.63, 3.8) is 0 Å². The highest BCUT2D eigenvalue weighted by Crippen LogP contribution is 2.34. The van der Waals surface area contributed by atoms with Gasteiger partial charge in [-0.1, -0.05) is 30.3 Å². The zero-order valence-electron chi connectivity index (χ0n) is 14.0. The number of thiophene rings is 1. The molecule has 1 saturated heterocycles.